The first-order valence-corrected chi connectivity index (χ1v) is 6.57. The van der Waals surface area contributed by atoms with Gasteiger partial charge in [-0.3, -0.25) is 0 Å². The normalized spacial score (nSPS) is 12.4. The monoisotopic (exact) mass is 216 g/mol. The zero-order valence-corrected chi connectivity index (χ0v) is 9.80. The van der Waals surface area contributed by atoms with Crippen molar-refractivity contribution in [2.24, 2.45) is 0 Å². The second-order valence-electron chi connectivity index (χ2n) is 3.85. The predicted molar refractivity (Wildman–Crippen MR) is 55.9 cm³/mol. The topological polar surface area (TPSA) is 52.0 Å². The zero-order chi connectivity index (χ0) is 10.9. The van der Waals surface area contributed by atoms with Crippen LogP contribution in [0.25, 0.3) is 0 Å². The van der Waals surface area contributed by atoms with E-state index < -0.39 is 9.84 Å². The molecule has 1 heterocycles. The zero-order valence-electron chi connectivity index (χ0n) is 8.98. The van der Waals surface area contributed by atoms with Gasteiger partial charge in [0.1, 0.15) is 11.6 Å². The third kappa shape index (κ3) is 2.57. The van der Waals surface area contributed by atoms with Crippen LogP contribution >= 0.6 is 0 Å². The van der Waals surface area contributed by atoms with Crippen molar-refractivity contribution >= 4 is 9.84 Å². The summed E-state index contributed by atoms with van der Waals surface area (Å²) in [5, 5.41) is 0. The summed E-state index contributed by atoms with van der Waals surface area (Å²) in [6, 6.07) is 0.245. The Morgan fingerprint density at radius 3 is 2.50 bits per heavy atom. The number of rotatable bonds is 3. The Hall–Kier alpha value is -0.840. The Morgan fingerprint density at radius 2 is 2.07 bits per heavy atom. The molecule has 0 fully saturated rings. The lowest BCUT2D eigenvalue weighted by atomic mass is 10.3. The van der Waals surface area contributed by atoms with Crippen LogP contribution in [-0.4, -0.2) is 24.2 Å². The molecule has 5 heteroatoms. The van der Waals surface area contributed by atoms with Gasteiger partial charge in [-0.25, -0.2) is 13.4 Å². The van der Waals surface area contributed by atoms with E-state index in [0.29, 0.717) is 5.82 Å². The van der Waals surface area contributed by atoms with E-state index >= 15 is 0 Å². The first-order valence-electron chi connectivity index (χ1n) is 4.51. The summed E-state index contributed by atoms with van der Waals surface area (Å²) in [5.74, 6) is 0.638. The summed E-state index contributed by atoms with van der Waals surface area (Å²) in [5.41, 5.74) is 0.999. The smallest absolute Gasteiger partial charge is 0.154 e. The summed E-state index contributed by atoms with van der Waals surface area (Å²) < 4.78 is 24.2. The second kappa shape index (κ2) is 3.73. The Morgan fingerprint density at radius 1 is 1.50 bits per heavy atom. The summed E-state index contributed by atoms with van der Waals surface area (Å²) in [6.07, 6.45) is 2.93. The average molecular weight is 216 g/mol. The third-order valence-corrected chi connectivity index (χ3v) is 2.75. The summed E-state index contributed by atoms with van der Waals surface area (Å²) >= 11 is 0. The molecule has 0 saturated heterocycles. The largest absolute Gasteiger partial charge is 0.329 e. The van der Waals surface area contributed by atoms with Crippen LogP contribution in [0.5, 0.6) is 0 Å². The van der Waals surface area contributed by atoms with Gasteiger partial charge in [-0.15, -0.1) is 0 Å². The Balaban J connectivity index is 3.10. The van der Waals surface area contributed by atoms with Gasteiger partial charge in [0, 0.05) is 24.2 Å². The van der Waals surface area contributed by atoms with Crippen molar-refractivity contribution in [3.05, 3.63) is 17.7 Å². The number of sulfone groups is 1. The van der Waals surface area contributed by atoms with E-state index in [2.05, 4.69) is 4.98 Å². The van der Waals surface area contributed by atoms with Crippen LogP contribution < -0.4 is 0 Å². The Labute approximate surface area is 84.9 Å². The van der Waals surface area contributed by atoms with Crippen molar-refractivity contribution < 1.29 is 8.42 Å². The van der Waals surface area contributed by atoms with Crippen molar-refractivity contribution in [2.75, 3.05) is 6.26 Å². The maximum Gasteiger partial charge on any atom is 0.154 e. The minimum Gasteiger partial charge on any atom is -0.329 e. The lowest BCUT2D eigenvalue weighted by Gasteiger charge is -2.13. The fraction of sp³-hybridized carbons (Fsp3) is 0.667. The van der Waals surface area contributed by atoms with Gasteiger partial charge in [-0.05, 0) is 20.8 Å². The summed E-state index contributed by atoms with van der Waals surface area (Å²) in [7, 11) is -3.00. The molecule has 0 unspecified atom stereocenters. The molecule has 0 amide bonds. The number of aromatic nitrogens is 2. The SMILES string of the molecule is Cc1cnc(CS(C)(=O)=O)n1C(C)C. The van der Waals surface area contributed by atoms with Crippen molar-refractivity contribution in [3.63, 3.8) is 0 Å². The molecule has 1 rings (SSSR count). The van der Waals surface area contributed by atoms with Crippen LogP contribution in [0.15, 0.2) is 6.20 Å². The van der Waals surface area contributed by atoms with Crippen molar-refractivity contribution in [3.8, 4) is 0 Å². The molecule has 0 aliphatic heterocycles. The van der Waals surface area contributed by atoms with E-state index in [1.165, 1.54) is 6.26 Å². The summed E-state index contributed by atoms with van der Waals surface area (Å²) in [4.78, 5) is 4.11. The molecule has 0 aliphatic rings. The van der Waals surface area contributed by atoms with Gasteiger partial charge in [0.15, 0.2) is 9.84 Å². The van der Waals surface area contributed by atoms with E-state index in [1.54, 1.807) is 6.20 Å². The second-order valence-corrected chi connectivity index (χ2v) is 5.99. The molecule has 0 spiro atoms. The fourth-order valence-corrected chi connectivity index (χ4v) is 2.23. The molecule has 80 valence electrons. The average Bonchev–Trinajstić information content (AvgIpc) is 2.27. The molecule has 0 radical (unpaired) electrons. The molecule has 14 heavy (non-hydrogen) atoms. The highest BCUT2D eigenvalue weighted by molar-refractivity contribution is 7.89. The summed E-state index contributed by atoms with van der Waals surface area (Å²) in [6.45, 7) is 5.96. The van der Waals surface area contributed by atoms with Crippen LogP contribution in [0.3, 0.4) is 0 Å². The van der Waals surface area contributed by atoms with Crippen molar-refractivity contribution in [1.82, 2.24) is 9.55 Å². The first-order chi connectivity index (χ1) is 6.31. The number of hydrogen-bond acceptors (Lipinski definition) is 3. The van der Waals surface area contributed by atoms with Gasteiger partial charge in [-0.2, -0.15) is 0 Å². The molecule has 1 aromatic heterocycles. The van der Waals surface area contributed by atoms with Crippen LogP contribution in [-0.2, 0) is 15.6 Å². The maximum atomic E-state index is 11.1. The lowest BCUT2D eigenvalue weighted by Crippen LogP contribution is -2.12. The van der Waals surface area contributed by atoms with Gasteiger partial charge >= 0.3 is 0 Å². The molecule has 0 atom stereocenters. The van der Waals surface area contributed by atoms with E-state index in [9.17, 15) is 8.42 Å². The standard InChI is InChI=1S/C9H16N2O2S/c1-7(2)11-8(3)5-10-9(11)6-14(4,12)13/h5,7H,6H2,1-4H3. The fourth-order valence-electron chi connectivity index (χ4n) is 1.54. The van der Waals surface area contributed by atoms with E-state index in [0.717, 1.165) is 5.69 Å². The molecular weight excluding hydrogens is 200 g/mol. The quantitative estimate of drug-likeness (QED) is 0.765. The van der Waals surface area contributed by atoms with Crippen LogP contribution in [0.4, 0.5) is 0 Å². The number of imidazole rings is 1. The van der Waals surface area contributed by atoms with Gasteiger partial charge < -0.3 is 4.57 Å². The molecule has 4 nitrogen and oxygen atoms in total. The van der Waals surface area contributed by atoms with E-state index in [4.69, 9.17) is 0 Å². The lowest BCUT2D eigenvalue weighted by molar-refractivity contribution is 0.558. The maximum absolute atomic E-state index is 11.1. The highest BCUT2D eigenvalue weighted by Gasteiger charge is 2.14. The molecule has 0 N–H and O–H groups in total. The highest BCUT2D eigenvalue weighted by atomic mass is 32.2. The molecular formula is C9H16N2O2S. The predicted octanol–water partition coefficient (Wildman–Crippen LogP) is 1.32. The minimum atomic E-state index is -3.00. The van der Waals surface area contributed by atoms with Crippen LogP contribution in [0, 0.1) is 6.92 Å². The minimum absolute atomic E-state index is 0.0129. The van der Waals surface area contributed by atoms with Crippen molar-refractivity contribution in [2.45, 2.75) is 32.6 Å². The number of nitrogens with zero attached hydrogens (tertiary/aromatic N) is 2. The molecule has 0 bridgehead atoms. The molecule has 0 aromatic carbocycles. The first kappa shape index (κ1) is 11.2. The molecule has 0 saturated carbocycles. The molecule has 0 aliphatic carbocycles. The van der Waals surface area contributed by atoms with Gasteiger partial charge in [0.05, 0.1) is 0 Å². The van der Waals surface area contributed by atoms with E-state index in [-0.39, 0.29) is 11.8 Å². The molecule has 1 aromatic rings. The van der Waals surface area contributed by atoms with Gasteiger partial charge in [0.25, 0.3) is 0 Å². The number of aryl methyl sites for hydroxylation is 1. The van der Waals surface area contributed by atoms with E-state index in [1.807, 2.05) is 25.3 Å². The van der Waals surface area contributed by atoms with Gasteiger partial charge in [-0.1, -0.05) is 0 Å². The van der Waals surface area contributed by atoms with Gasteiger partial charge in [0.2, 0.25) is 0 Å². The van der Waals surface area contributed by atoms with Crippen molar-refractivity contribution in [1.29, 1.82) is 0 Å². The number of hydrogen-bond donors (Lipinski definition) is 0. The Bertz CT molecular complexity index is 418. The van der Waals surface area contributed by atoms with Crippen LogP contribution in [0.2, 0.25) is 0 Å². The Kier molecular flexibility index (Phi) is 2.99. The van der Waals surface area contributed by atoms with Crippen LogP contribution in [0.1, 0.15) is 31.4 Å². The third-order valence-electron chi connectivity index (χ3n) is 1.97. The highest BCUT2D eigenvalue weighted by Crippen LogP contribution is 2.14.